The van der Waals surface area contributed by atoms with E-state index in [0.29, 0.717) is 12.0 Å². The Morgan fingerprint density at radius 2 is 1.97 bits per heavy atom. The standard InChI is InChI=1S/C22H28O7/c1-7-13(3)20(25)28-17-11-22(6,29-15(5)23)18(24)9-8-12(2)10-16-19(17)14(4)21(26)27-16/h7-9,12,16-17,19H,4,10-11H2,1-3,5-6H3/b9-8-,13-7-/t12-,16+,17+,19-,22-/m0/s1. The predicted molar refractivity (Wildman–Crippen MR) is 105 cm³/mol. The Morgan fingerprint density at radius 1 is 1.31 bits per heavy atom. The van der Waals surface area contributed by atoms with Crippen LogP contribution < -0.4 is 0 Å². The number of hydrogen-bond donors (Lipinski definition) is 0. The Labute approximate surface area is 170 Å². The van der Waals surface area contributed by atoms with Crippen molar-refractivity contribution in [3.8, 4) is 0 Å². The maximum Gasteiger partial charge on any atom is 0.334 e. The highest BCUT2D eigenvalue weighted by Crippen LogP contribution is 2.39. The van der Waals surface area contributed by atoms with E-state index in [1.54, 1.807) is 26.0 Å². The largest absolute Gasteiger partial charge is 0.458 e. The Bertz CT molecular complexity index is 791. The van der Waals surface area contributed by atoms with Gasteiger partial charge in [-0.1, -0.05) is 25.7 Å². The molecular weight excluding hydrogens is 376 g/mol. The van der Waals surface area contributed by atoms with Crippen LogP contribution in [0.3, 0.4) is 0 Å². The third kappa shape index (κ3) is 5.02. The van der Waals surface area contributed by atoms with Crippen LogP contribution >= 0.6 is 0 Å². The van der Waals surface area contributed by atoms with Crippen molar-refractivity contribution in [2.75, 3.05) is 0 Å². The van der Waals surface area contributed by atoms with Crippen molar-refractivity contribution in [3.63, 3.8) is 0 Å². The van der Waals surface area contributed by atoms with Crippen molar-refractivity contribution in [2.45, 2.75) is 65.3 Å². The first-order chi connectivity index (χ1) is 13.5. The highest BCUT2D eigenvalue weighted by molar-refractivity contribution is 5.98. The second kappa shape index (κ2) is 8.76. The van der Waals surface area contributed by atoms with Crippen molar-refractivity contribution in [1.82, 2.24) is 0 Å². The highest BCUT2D eigenvalue weighted by atomic mass is 16.6. The SMILES string of the molecule is C=C1C(=O)O[C@@H]2C[C@@H](C)/C=C\C(=O)[C@@](C)(OC(C)=O)C[C@@H](OC(=O)/C(C)=C\C)[C@@H]12. The average molecular weight is 404 g/mol. The zero-order valence-electron chi connectivity index (χ0n) is 17.5. The number of rotatable bonds is 3. The summed E-state index contributed by atoms with van der Waals surface area (Å²) in [6.45, 7) is 11.7. The predicted octanol–water partition coefficient (Wildman–Crippen LogP) is 2.84. The fourth-order valence-corrected chi connectivity index (χ4v) is 3.66. The average Bonchev–Trinajstić information content (AvgIpc) is 2.90. The van der Waals surface area contributed by atoms with Gasteiger partial charge in [0, 0.05) is 24.5 Å². The van der Waals surface area contributed by atoms with E-state index in [9.17, 15) is 19.2 Å². The number of carbonyl (C=O) groups excluding carboxylic acids is 4. The number of allylic oxidation sites excluding steroid dienone is 2. The summed E-state index contributed by atoms with van der Waals surface area (Å²) in [5.41, 5.74) is -1.01. The minimum atomic E-state index is -1.56. The smallest absolute Gasteiger partial charge is 0.334 e. The molecule has 5 atom stereocenters. The van der Waals surface area contributed by atoms with E-state index >= 15 is 0 Å². The van der Waals surface area contributed by atoms with Crippen LogP contribution in [0, 0.1) is 11.8 Å². The Balaban J connectivity index is 2.54. The van der Waals surface area contributed by atoms with Crippen LogP contribution in [-0.4, -0.2) is 41.5 Å². The van der Waals surface area contributed by atoms with E-state index in [-0.39, 0.29) is 17.9 Å². The molecule has 0 saturated carbocycles. The molecule has 1 heterocycles. The maximum absolute atomic E-state index is 12.9. The molecule has 0 amide bonds. The summed E-state index contributed by atoms with van der Waals surface area (Å²) in [7, 11) is 0. The molecule has 0 bridgehead atoms. The summed E-state index contributed by atoms with van der Waals surface area (Å²) in [4.78, 5) is 49.3. The lowest BCUT2D eigenvalue weighted by Crippen LogP contribution is -2.47. The second-order valence-corrected chi connectivity index (χ2v) is 7.88. The van der Waals surface area contributed by atoms with Crippen molar-refractivity contribution >= 4 is 23.7 Å². The molecule has 0 radical (unpaired) electrons. The van der Waals surface area contributed by atoms with Gasteiger partial charge < -0.3 is 14.2 Å². The lowest BCUT2D eigenvalue weighted by atomic mass is 9.79. The highest BCUT2D eigenvalue weighted by Gasteiger charge is 2.50. The molecule has 2 aliphatic rings. The summed E-state index contributed by atoms with van der Waals surface area (Å²) < 4.78 is 16.6. The molecular formula is C22H28O7. The molecule has 0 spiro atoms. The lowest BCUT2D eigenvalue weighted by Gasteiger charge is -2.35. The van der Waals surface area contributed by atoms with E-state index in [2.05, 4.69) is 6.58 Å². The Morgan fingerprint density at radius 3 is 2.55 bits per heavy atom. The Hall–Kier alpha value is -2.70. The van der Waals surface area contributed by atoms with E-state index in [0.717, 1.165) is 0 Å². The normalized spacial score (nSPS) is 34.1. The van der Waals surface area contributed by atoms with Crippen molar-refractivity contribution < 1.29 is 33.4 Å². The number of carbonyl (C=O) groups is 4. The molecule has 1 aliphatic carbocycles. The fourth-order valence-electron chi connectivity index (χ4n) is 3.66. The van der Waals surface area contributed by atoms with Crippen LogP contribution in [-0.2, 0) is 33.4 Å². The molecule has 0 unspecified atom stereocenters. The van der Waals surface area contributed by atoms with Crippen LogP contribution in [0.25, 0.3) is 0 Å². The van der Waals surface area contributed by atoms with Crippen molar-refractivity contribution in [1.29, 1.82) is 0 Å². The minimum Gasteiger partial charge on any atom is -0.458 e. The van der Waals surface area contributed by atoms with Gasteiger partial charge in [-0.2, -0.15) is 0 Å². The van der Waals surface area contributed by atoms with Crippen LogP contribution in [0.15, 0.2) is 36.0 Å². The number of fused-ring (bicyclic) bond motifs is 1. The van der Waals surface area contributed by atoms with Crippen molar-refractivity contribution in [2.24, 2.45) is 11.8 Å². The topological polar surface area (TPSA) is 96.0 Å². The first-order valence-electron chi connectivity index (χ1n) is 9.64. The molecule has 1 saturated heterocycles. The minimum absolute atomic E-state index is 0.0987. The van der Waals surface area contributed by atoms with E-state index < -0.39 is 47.4 Å². The quantitative estimate of drug-likeness (QED) is 0.405. The van der Waals surface area contributed by atoms with E-state index in [1.165, 1.54) is 19.9 Å². The van der Waals surface area contributed by atoms with Gasteiger partial charge in [0.15, 0.2) is 11.4 Å². The van der Waals surface area contributed by atoms with Gasteiger partial charge in [0.1, 0.15) is 12.2 Å². The van der Waals surface area contributed by atoms with Crippen molar-refractivity contribution in [3.05, 3.63) is 36.0 Å². The molecule has 1 fully saturated rings. The van der Waals surface area contributed by atoms with Gasteiger partial charge in [0.25, 0.3) is 0 Å². The number of hydrogen-bond acceptors (Lipinski definition) is 7. The van der Waals surface area contributed by atoms with Gasteiger partial charge in [0.2, 0.25) is 0 Å². The van der Waals surface area contributed by atoms with Crippen LogP contribution in [0.4, 0.5) is 0 Å². The zero-order valence-corrected chi connectivity index (χ0v) is 17.5. The zero-order chi connectivity index (χ0) is 21.9. The first kappa shape index (κ1) is 22.6. The molecule has 158 valence electrons. The van der Waals surface area contributed by atoms with Gasteiger partial charge in [-0.3, -0.25) is 9.59 Å². The summed E-state index contributed by atoms with van der Waals surface area (Å²) in [6, 6.07) is 0. The van der Waals surface area contributed by atoms with Gasteiger partial charge in [0.05, 0.1) is 5.92 Å². The summed E-state index contributed by atoms with van der Waals surface area (Å²) in [5.74, 6) is -2.94. The molecule has 2 rings (SSSR count). The number of ketones is 1. The van der Waals surface area contributed by atoms with Gasteiger partial charge >= 0.3 is 17.9 Å². The molecule has 7 nitrogen and oxygen atoms in total. The molecule has 0 aromatic heterocycles. The Kier molecular flexibility index (Phi) is 6.82. The summed E-state index contributed by atoms with van der Waals surface area (Å²) in [6.07, 6.45) is 3.50. The summed E-state index contributed by atoms with van der Waals surface area (Å²) >= 11 is 0. The monoisotopic (exact) mass is 404 g/mol. The molecule has 29 heavy (non-hydrogen) atoms. The van der Waals surface area contributed by atoms with Gasteiger partial charge in [-0.15, -0.1) is 0 Å². The molecule has 0 aromatic carbocycles. The van der Waals surface area contributed by atoms with E-state index in [1.807, 2.05) is 6.92 Å². The third-order valence-corrected chi connectivity index (χ3v) is 5.40. The maximum atomic E-state index is 12.9. The third-order valence-electron chi connectivity index (χ3n) is 5.40. The first-order valence-corrected chi connectivity index (χ1v) is 9.64. The second-order valence-electron chi connectivity index (χ2n) is 7.88. The molecule has 7 heteroatoms. The van der Waals surface area contributed by atoms with Gasteiger partial charge in [-0.05, 0) is 39.2 Å². The fraction of sp³-hybridized carbons (Fsp3) is 0.545. The van der Waals surface area contributed by atoms with Gasteiger partial charge in [-0.25, -0.2) is 9.59 Å². The number of esters is 3. The molecule has 0 aromatic rings. The van der Waals surface area contributed by atoms with Crippen LogP contribution in [0.2, 0.25) is 0 Å². The van der Waals surface area contributed by atoms with Crippen LogP contribution in [0.5, 0.6) is 0 Å². The lowest BCUT2D eigenvalue weighted by molar-refractivity contribution is -0.169. The van der Waals surface area contributed by atoms with Crippen LogP contribution in [0.1, 0.15) is 47.5 Å². The molecule has 0 N–H and O–H groups in total. The number of ether oxygens (including phenoxy) is 3. The summed E-state index contributed by atoms with van der Waals surface area (Å²) in [5, 5.41) is 0. The van der Waals surface area contributed by atoms with E-state index in [4.69, 9.17) is 14.2 Å². The molecule has 1 aliphatic heterocycles.